The number of amides is 1. The van der Waals surface area contributed by atoms with Crippen molar-refractivity contribution in [2.24, 2.45) is 0 Å². The Balaban J connectivity index is 1.71. The molecule has 1 heterocycles. The van der Waals surface area contributed by atoms with Gasteiger partial charge in [-0.25, -0.2) is 34.9 Å². The Kier molecular flexibility index (Phi) is 10.0. The summed E-state index contributed by atoms with van der Waals surface area (Å²) in [4.78, 5) is 16.3. The lowest BCUT2D eigenvalue weighted by Gasteiger charge is -2.27. The van der Waals surface area contributed by atoms with Crippen LogP contribution in [0.3, 0.4) is 0 Å². The average Bonchev–Trinajstić information content (AvgIpc) is 2.99. The van der Waals surface area contributed by atoms with Crippen molar-refractivity contribution in [3.05, 3.63) is 119 Å². The van der Waals surface area contributed by atoms with Crippen LogP contribution in [0.25, 0.3) is 0 Å². The first-order valence-corrected chi connectivity index (χ1v) is 16.7. The maximum Gasteiger partial charge on any atom is 0.433 e. The van der Waals surface area contributed by atoms with Gasteiger partial charge in [0.2, 0.25) is 15.9 Å². The number of nitrogens with zero attached hydrogens (tertiary/aromatic N) is 2. The van der Waals surface area contributed by atoms with Crippen molar-refractivity contribution in [1.82, 2.24) is 10.3 Å². The zero-order valence-electron chi connectivity index (χ0n) is 24.2. The van der Waals surface area contributed by atoms with Crippen LogP contribution in [0.15, 0.2) is 89.8 Å². The Labute approximate surface area is 262 Å². The van der Waals surface area contributed by atoms with Crippen LogP contribution in [0.5, 0.6) is 0 Å². The fourth-order valence-corrected chi connectivity index (χ4v) is 6.32. The van der Waals surface area contributed by atoms with Crippen LogP contribution in [0.1, 0.15) is 35.2 Å². The van der Waals surface area contributed by atoms with Crippen molar-refractivity contribution >= 4 is 37.5 Å². The molecule has 1 atom stereocenters. The van der Waals surface area contributed by atoms with E-state index in [0.29, 0.717) is 15.9 Å². The summed E-state index contributed by atoms with van der Waals surface area (Å²) in [7, 11) is -8.41. The molecule has 0 radical (unpaired) electrons. The lowest BCUT2D eigenvalue weighted by molar-refractivity contribution is -0.141. The van der Waals surface area contributed by atoms with Crippen molar-refractivity contribution in [3.63, 3.8) is 0 Å². The highest BCUT2D eigenvalue weighted by Gasteiger charge is 2.36. The predicted molar refractivity (Wildman–Crippen MR) is 161 cm³/mol. The van der Waals surface area contributed by atoms with Gasteiger partial charge in [0.15, 0.2) is 0 Å². The molecule has 1 unspecified atom stereocenters. The first kappa shape index (κ1) is 34.3. The average molecular weight is 683 g/mol. The second-order valence-corrected chi connectivity index (χ2v) is 13.8. The number of pyridine rings is 1. The smallest absolute Gasteiger partial charge is 0.351 e. The molecular formula is C30H27F5N4O5S2. The van der Waals surface area contributed by atoms with Gasteiger partial charge in [-0.3, -0.25) is 9.52 Å². The molecule has 0 spiro atoms. The van der Waals surface area contributed by atoms with Gasteiger partial charge in [-0.15, -0.1) is 0 Å². The number of carbonyl (C=O) groups is 1. The van der Waals surface area contributed by atoms with E-state index in [4.69, 9.17) is 0 Å². The van der Waals surface area contributed by atoms with Gasteiger partial charge >= 0.3 is 6.18 Å². The Hall–Kier alpha value is -4.57. The Morgan fingerprint density at radius 1 is 0.913 bits per heavy atom. The van der Waals surface area contributed by atoms with Crippen LogP contribution in [0.2, 0.25) is 0 Å². The minimum atomic E-state index is -4.95. The number of sulfonamides is 2. The van der Waals surface area contributed by atoms with Crippen molar-refractivity contribution in [3.8, 4) is 0 Å². The maximum absolute atomic E-state index is 14.5. The third-order valence-corrected chi connectivity index (χ3v) is 9.03. The Morgan fingerprint density at radius 3 is 2.15 bits per heavy atom. The molecule has 3 aromatic carbocycles. The first-order valence-electron chi connectivity index (χ1n) is 13.4. The molecule has 244 valence electrons. The van der Waals surface area contributed by atoms with Gasteiger partial charge < -0.3 is 5.32 Å². The summed E-state index contributed by atoms with van der Waals surface area (Å²) in [6, 6.07) is 16.7. The summed E-state index contributed by atoms with van der Waals surface area (Å²) in [6.07, 6.45) is -4.11. The lowest BCUT2D eigenvalue weighted by atomic mass is 9.99. The van der Waals surface area contributed by atoms with E-state index in [0.717, 1.165) is 48.7 Å². The Bertz CT molecular complexity index is 1940. The van der Waals surface area contributed by atoms with Crippen LogP contribution in [-0.4, -0.2) is 34.0 Å². The molecule has 1 amide bonds. The number of nitrogens with one attached hydrogen (secondary N) is 2. The van der Waals surface area contributed by atoms with Gasteiger partial charge in [-0.2, -0.15) is 13.2 Å². The molecule has 4 rings (SSSR count). The predicted octanol–water partition coefficient (Wildman–Crippen LogP) is 5.57. The second-order valence-electron chi connectivity index (χ2n) is 10.2. The lowest BCUT2D eigenvalue weighted by Crippen LogP contribution is -2.34. The fraction of sp³-hybridized carbons (Fsp3) is 0.200. The SMILES string of the molecule is CC(C(=O)NCc1ccc(C(F)(F)F)nc1N(Cc1ccccc1)S(=O)(=O)c1ccc(F)cc1)c1ccc(NS(C)(=O)=O)c(F)c1. The van der Waals surface area contributed by atoms with E-state index in [1.807, 2.05) is 4.72 Å². The number of halogens is 5. The summed E-state index contributed by atoms with van der Waals surface area (Å²) in [5, 5.41) is 2.52. The minimum Gasteiger partial charge on any atom is -0.351 e. The number of hydrogen-bond acceptors (Lipinski definition) is 6. The molecule has 0 aliphatic heterocycles. The van der Waals surface area contributed by atoms with Gasteiger partial charge in [-0.05, 0) is 60.5 Å². The minimum absolute atomic E-state index is 0.103. The highest BCUT2D eigenvalue weighted by Crippen LogP contribution is 2.34. The van der Waals surface area contributed by atoms with E-state index in [1.165, 1.54) is 13.0 Å². The fourth-order valence-electron chi connectivity index (χ4n) is 4.32. The molecule has 0 bridgehead atoms. The summed E-state index contributed by atoms with van der Waals surface area (Å²) in [6.45, 7) is 0.476. The van der Waals surface area contributed by atoms with Crippen LogP contribution >= 0.6 is 0 Å². The first-order chi connectivity index (χ1) is 21.5. The van der Waals surface area contributed by atoms with Crippen molar-refractivity contribution in [1.29, 1.82) is 0 Å². The summed E-state index contributed by atoms with van der Waals surface area (Å²) < 4.78 is 123. The van der Waals surface area contributed by atoms with Crippen molar-refractivity contribution in [2.45, 2.75) is 37.0 Å². The summed E-state index contributed by atoms with van der Waals surface area (Å²) in [5.74, 6) is -4.02. The number of hydrogen-bond donors (Lipinski definition) is 2. The molecule has 46 heavy (non-hydrogen) atoms. The molecule has 0 aliphatic rings. The number of anilines is 2. The largest absolute Gasteiger partial charge is 0.433 e. The van der Waals surface area contributed by atoms with Gasteiger partial charge in [0.05, 0.1) is 29.3 Å². The molecule has 0 fully saturated rings. The van der Waals surface area contributed by atoms with Gasteiger partial charge in [-0.1, -0.05) is 42.5 Å². The standard InChI is InChI=1S/C30H27F5N4O5S2/c1-19(21-8-14-26(25(32)16-21)38-45(2,41)42)29(40)36-17-22-9-15-27(30(33,34)35)37-28(22)39(18-20-6-4-3-5-7-20)46(43,44)24-12-10-23(31)11-13-24/h3-16,19,38H,17-18H2,1-2H3,(H,36,40). The normalized spacial score (nSPS) is 12.8. The van der Waals surface area contributed by atoms with E-state index in [1.54, 1.807) is 30.3 Å². The molecule has 9 nitrogen and oxygen atoms in total. The van der Waals surface area contributed by atoms with E-state index >= 15 is 0 Å². The number of alkyl halides is 3. The van der Waals surface area contributed by atoms with Gasteiger partial charge in [0.1, 0.15) is 23.1 Å². The molecule has 0 saturated carbocycles. The molecule has 1 aromatic heterocycles. The third kappa shape index (κ3) is 8.37. The van der Waals surface area contributed by atoms with Crippen molar-refractivity contribution < 1.29 is 43.6 Å². The topological polar surface area (TPSA) is 126 Å². The summed E-state index contributed by atoms with van der Waals surface area (Å²) in [5.41, 5.74) is -1.28. The van der Waals surface area contributed by atoms with Crippen molar-refractivity contribution in [2.75, 3.05) is 15.3 Å². The zero-order valence-corrected chi connectivity index (χ0v) is 25.8. The molecule has 0 saturated heterocycles. The number of benzene rings is 3. The molecule has 2 N–H and O–H groups in total. The molecular weight excluding hydrogens is 655 g/mol. The van der Waals surface area contributed by atoms with E-state index in [9.17, 15) is 43.6 Å². The quantitative estimate of drug-likeness (QED) is 0.200. The monoisotopic (exact) mass is 682 g/mol. The maximum atomic E-state index is 14.5. The van der Waals surface area contributed by atoms with E-state index in [2.05, 4.69) is 10.3 Å². The van der Waals surface area contributed by atoms with Crippen LogP contribution in [0, 0.1) is 11.6 Å². The third-order valence-electron chi connectivity index (χ3n) is 6.69. The van der Waals surface area contributed by atoms with Crippen LogP contribution in [-0.2, 0) is 44.1 Å². The number of rotatable bonds is 11. The molecule has 4 aromatic rings. The second kappa shape index (κ2) is 13.4. The highest BCUT2D eigenvalue weighted by molar-refractivity contribution is 7.92. The Morgan fingerprint density at radius 2 is 1.57 bits per heavy atom. The van der Waals surface area contributed by atoms with Crippen LogP contribution < -0.4 is 14.3 Å². The van der Waals surface area contributed by atoms with E-state index in [-0.39, 0.29) is 16.8 Å². The van der Waals surface area contributed by atoms with Gasteiger partial charge in [0.25, 0.3) is 10.0 Å². The summed E-state index contributed by atoms with van der Waals surface area (Å²) >= 11 is 0. The van der Waals surface area contributed by atoms with Crippen LogP contribution in [0.4, 0.5) is 33.5 Å². The highest BCUT2D eigenvalue weighted by atomic mass is 32.2. The number of aromatic nitrogens is 1. The number of carbonyl (C=O) groups excluding carboxylic acids is 1. The van der Waals surface area contributed by atoms with Gasteiger partial charge in [0, 0.05) is 12.1 Å². The zero-order chi connectivity index (χ0) is 33.9. The van der Waals surface area contributed by atoms with E-state index < -0.39 is 79.2 Å². The molecule has 16 heteroatoms. The molecule has 0 aliphatic carbocycles.